The van der Waals surface area contributed by atoms with Crippen LogP contribution in [0.1, 0.15) is 48.0 Å². The quantitative estimate of drug-likeness (QED) is 0.761. The van der Waals surface area contributed by atoms with Gasteiger partial charge in [0, 0.05) is 12.6 Å². The molecule has 7 heteroatoms. The Morgan fingerprint density at radius 3 is 2.58 bits per heavy atom. The first kappa shape index (κ1) is 18.9. The standard InChI is InChI=1S/C17H26N2O4S/c1-12-8-9-14(17(20)23-2)10-16(12)24(21,22)19-15(11-18)13-6-4-3-5-7-13/h8-10,13,15,19H,3-7,11,18H2,1-2H3. The molecule has 3 N–H and O–H groups in total. The van der Waals surface area contributed by atoms with Gasteiger partial charge in [-0.3, -0.25) is 0 Å². The minimum absolute atomic E-state index is 0.0969. The molecular formula is C17H26N2O4S. The van der Waals surface area contributed by atoms with Crippen molar-refractivity contribution in [2.75, 3.05) is 13.7 Å². The summed E-state index contributed by atoms with van der Waals surface area (Å²) in [6.07, 6.45) is 5.40. The number of methoxy groups -OCH3 is 1. The van der Waals surface area contributed by atoms with Crippen LogP contribution in [0.5, 0.6) is 0 Å². The molecule has 0 aromatic heterocycles. The lowest BCUT2D eigenvalue weighted by molar-refractivity contribution is 0.0600. The van der Waals surface area contributed by atoms with Gasteiger partial charge in [0.05, 0.1) is 17.6 Å². The maximum Gasteiger partial charge on any atom is 0.337 e. The molecule has 1 aliphatic carbocycles. The molecule has 0 bridgehead atoms. The second kappa shape index (κ2) is 8.09. The zero-order valence-corrected chi connectivity index (χ0v) is 15.1. The molecule has 0 spiro atoms. The van der Waals surface area contributed by atoms with Crippen LogP contribution in [0.3, 0.4) is 0 Å². The van der Waals surface area contributed by atoms with Crippen molar-refractivity contribution in [3.63, 3.8) is 0 Å². The van der Waals surface area contributed by atoms with Crippen molar-refractivity contribution in [2.24, 2.45) is 11.7 Å². The normalized spacial score (nSPS) is 17.5. The molecule has 1 atom stereocenters. The number of hydrogen-bond acceptors (Lipinski definition) is 5. The molecule has 1 aliphatic rings. The first-order chi connectivity index (χ1) is 11.4. The molecule has 0 radical (unpaired) electrons. The van der Waals surface area contributed by atoms with Crippen molar-refractivity contribution in [3.05, 3.63) is 29.3 Å². The SMILES string of the molecule is COC(=O)c1ccc(C)c(S(=O)(=O)NC(CN)C2CCCCC2)c1. The van der Waals surface area contributed by atoms with Gasteiger partial charge in [-0.25, -0.2) is 17.9 Å². The zero-order chi connectivity index (χ0) is 17.7. The van der Waals surface area contributed by atoms with E-state index in [2.05, 4.69) is 9.46 Å². The van der Waals surface area contributed by atoms with Gasteiger partial charge in [0.2, 0.25) is 10.0 Å². The second-order valence-electron chi connectivity index (χ2n) is 6.33. The lowest BCUT2D eigenvalue weighted by atomic mass is 9.84. The van der Waals surface area contributed by atoms with Crippen LogP contribution < -0.4 is 10.5 Å². The molecule has 0 aliphatic heterocycles. The van der Waals surface area contributed by atoms with Gasteiger partial charge in [0.25, 0.3) is 0 Å². The maximum absolute atomic E-state index is 12.8. The Kier molecular flexibility index (Phi) is 6.37. The van der Waals surface area contributed by atoms with E-state index < -0.39 is 16.0 Å². The lowest BCUT2D eigenvalue weighted by Crippen LogP contribution is -2.46. The molecule has 2 rings (SSSR count). The summed E-state index contributed by atoms with van der Waals surface area (Å²) in [5.74, 6) is -0.295. The molecule has 1 saturated carbocycles. The Morgan fingerprint density at radius 2 is 2.00 bits per heavy atom. The predicted molar refractivity (Wildman–Crippen MR) is 92.3 cm³/mol. The number of carbonyl (C=O) groups is 1. The van der Waals surface area contributed by atoms with Crippen molar-refractivity contribution >= 4 is 16.0 Å². The minimum atomic E-state index is -3.75. The van der Waals surface area contributed by atoms with Crippen LogP contribution in [-0.4, -0.2) is 34.1 Å². The molecule has 1 aromatic rings. The van der Waals surface area contributed by atoms with Gasteiger partial charge in [-0.05, 0) is 43.4 Å². The van der Waals surface area contributed by atoms with E-state index in [0.29, 0.717) is 5.56 Å². The van der Waals surface area contributed by atoms with Gasteiger partial charge in [-0.2, -0.15) is 0 Å². The third kappa shape index (κ3) is 4.34. The van der Waals surface area contributed by atoms with E-state index in [1.165, 1.54) is 19.6 Å². The highest BCUT2D eigenvalue weighted by Crippen LogP contribution is 2.27. The Morgan fingerprint density at radius 1 is 1.33 bits per heavy atom. The maximum atomic E-state index is 12.8. The van der Waals surface area contributed by atoms with Crippen molar-refractivity contribution in [3.8, 4) is 0 Å². The van der Waals surface area contributed by atoms with Crippen molar-refractivity contribution in [2.45, 2.75) is 50.0 Å². The van der Waals surface area contributed by atoms with Crippen LogP contribution in [0.2, 0.25) is 0 Å². The number of ether oxygens (including phenoxy) is 1. The van der Waals surface area contributed by atoms with E-state index in [4.69, 9.17) is 5.73 Å². The number of sulfonamides is 1. The van der Waals surface area contributed by atoms with Crippen LogP contribution >= 0.6 is 0 Å². The minimum Gasteiger partial charge on any atom is -0.465 e. The van der Waals surface area contributed by atoms with E-state index in [1.54, 1.807) is 19.1 Å². The fourth-order valence-corrected chi connectivity index (χ4v) is 4.86. The van der Waals surface area contributed by atoms with E-state index in [0.717, 1.165) is 25.7 Å². The number of nitrogens with two attached hydrogens (primary N) is 1. The average Bonchev–Trinajstić information content (AvgIpc) is 2.60. The number of carbonyl (C=O) groups excluding carboxylic acids is 1. The number of hydrogen-bond donors (Lipinski definition) is 2. The highest BCUT2D eigenvalue weighted by Gasteiger charge is 2.28. The molecule has 1 fully saturated rings. The van der Waals surface area contributed by atoms with E-state index in [-0.39, 0.29) is 29.0 Å². The molecule has 0 saturated heterocycles. The number of rotatable bonds is 6. The first-order valence-electron chi connectivity index (χ1n) is 8.30. The number of benzene rings is 1. The first-order valence-corrected chi connectivity index (χ1v) is 9.78. The molecule has 0 heterocycles. The van der Waals surface area contributed by atoms with Crippen LogP contribution in [0.15, 0.2) is 23.1 Å². The Labute approximate surface area is 143 Å². The molecule has 24 heavy (non-hydrogen) atoms. The van der Waals surface area contributed by atoms with Gasteiger partial charge in [0.15, 0.2) is 0 Å². The molecule has 1 unspecified atom stereocenters. The largest absolute Gasteiger partial charge is 0.465 e. The molecule has 6 nitrogen and oxygen atoms in total. The second-order valence-corrected chi connectivity index (χ2v) is 8.02. The summed E-state index contributed by atoms with van der Waals surface area (Å²) in [6, 6.07) is 4.25. The third-order valence-corrected chi connectivity index (χ3v) is 6.31. The molecule has 1 aromatic carbocycles. The van der Waals surface area contributed by atoms with Crippen LogP contribution in [0.4, 0.5) is 0 Å². The highest BCUT2D eigenvalue weighted by molar-refractivity contribution is 7.89. The molecular weight excluding hydrogens is 328 g/mol. The van der Waals surface area contributed by atoms with Crippen molar-refractivity contribution < 1.29 is 17.9 Å². The lowest BCUT2D eigenvalue weighted by Gasteiger charge is -2.30. The Bertz CT molecular complexity index is 682. The fraction of sp³-hybridized carbons (Fsp3) is 0.588. The van der Waals surface area contributed by atoms with Gasteiger partial charge in [-0.1, -0.05) is 25.3 Å². The predicted octanol–water partition coefficient (Wildman–Crippen LogP) is 1.97. The van der Waals surface area contributed by atoms with Crippen LogP contribution in [0.25, 0.3) is 0 Å². The van der Waals surface area contributed by atoms with Crippen molar-refractivity contribution in [1.29, 1.82) is 0 Å². The van der Waals surface area contributed by atoms with E-state index in [9.17, 15) is 13.2 Å². The third-order valence-electron chi connectivity index (χ3n) is 4.68. The number of esters is 1. The molecule has 134 valence electrons. The summed E-state index contributed by atoms with van der Waals surface area (Å²) >= 11 is 0. The van der Waals surface area contributed by atoms with E-state index >= 15 is 0 Å². The monoisotopic (exact) mass is 354 g/mol. The summed E-state index contributed by atoms with van der Waals surface area (Å²) in [6.45, 7) is 1.97. The zero-order valence-electron chi connectivity index (χ0n) is 14.2. The van der Waals surface area contributed by atoms with Crippen LogP contribution in [0, 0.1) is 12.8 Å². The summed E-state index contributed by atoms with van der Waals surface area (Å²) in [7, 11) is -2.49. The fourth-order valence-electron chi connectivity index (χ4n) is 3.27. The van der Waals surface area contributed by atoms with E-state index in [1.807, 2.05) is 0 Å². The number of nitrogens with one attached hydrogen (secondary N) is 1. The smallest absolute Gasteiger partial charge is 0.337 e. The van der Waals surface area contributed by atoms with Gasteiger partial charge >= 0.3 is 5.97 Å². The van der Waals surface area contributed by atoms with Gasteiger partial charge < -0.3 is 10.5 Å². The van der Waals surface area contributed by atoms with Crippen molar-refractivity contribution in [1.82, 2.24) is 4.72 Å². The van der Waals surface area contributed by atoms with Gasteiger partial charge in [0.1, 0.15) is 0 Å². The van der Waals surface area contributed by atoms with Crippen LogP contribution in [-0.2, 0) is 14.8 Å². The highest BCUT2D eigenvalue weighted by atomic mass is 32.2. The summed E-state index contributed by atoms with van der Waals surface area (Å²) in [5, 5.41) is 0. The topological polar surface area (TPSA) is 98.5 Å². The number of aryl methyl sites for hydroxylation is 1. The summed E-state index contributed by atoms with van der Waals surface area (Å²) < 4.78 is 33.0. The average molecular weight is 354 g/mol. The summed E-state index contributed by atoms with van der Waals surface area (Å²) in [5.41, 5.74) is 6.62. The Balaban J connectivity index is 2.26. The Hall–Kier alpha value is -1.44. The summed E-state index contributed by atoms with van der Waals surface area (Å²) in [4.78, 5) is 11.8. The van der Waals surface area contributed by atoms with Gasteiger partial charge in [-0.15, -0.1) is 0 Å². The molecule has 0 amide bonds.